The summed E-state index contributed by atoms with van der Waals surface area (Å²) in [7, 11) is 0. The molecular formula is C14H24N2O2S. The number of likely N-dealkylation sites (N-methyl/N-ethyl adjacent to an activating group) is 1. The molecule has 0 bridgehead atoms. The number of hydrogen-bond donors (Lipinski definition) is 2. The van der Waals surface area contributed by atoms with Crippen LogP contribution in [0.2, 0.25) is 0 Å². The first-order chi connectivity index (χ1) is 8.81. The minimum Gasteiger partial charge on any atom is -0.389 e. The van der Waals surface area contributed by atoms with Gasteiger partial charge in [-0.1, -0.05) is 0 Å². The van der Waals surface area contributed by atoms with Gasteiger partial charge in [-0.2, -0.15) is 11.3 Å². The Bertz CT molecular complexity index is 385. The molecule has 1 aromatic rings. The van der Waals surface area contributed by atoms with E-state index in [1.165, 1.54) is 5.56 Å². The van der Waals surface area contributed by atoms with Crippen LogP contribution in [0.15, 0.2) is 16.8 Å². The molecule has 1 atom stereocenters. The van der Waals surface area contributed by atoms with Gasteiger partial charge in [0.1, 0.15) is 0 Å². The second-order valence-corrected chi connectivity index (χ2v) is 6.29. The van der Waals surface area contributed by atoms with Crippen LogP contribution in [0.3, 0.4) is 0 Å². The van der Waals surface area contributed by atoms with Crippen molar-refractivity contribution in [1.29, 1.82) is 0 Å². The van der Waals surface area contributed by atoms with E-state index in [0.29, 0.717) is 13.1 Å². The summed E-state index contributed by atoms with van der Waals surface area (Å²) in [5.74, 6) is 0. The molecular weight excluding hydrogens is 260 g/mol. The number of carbonyl (C=O) groups is 1. The predicted octanol–water partition coefficient (Wildman–Crippen LogP) is 2.48. The highest BCUT2D eigenvalue weighted by Gasteiger charge is 2.22. The highest BCUT2D eigenvalue weighted by Crippen LogP contribution is 2.09. The van der Waals surface area contributed by atoms with Crippen LogP contribution >= 0.6 is 11.3 Å². The number of urea groups is 1. The molecule has 5 heteroatoms. The van der Waals surface area contributed by atoms with Crippen molar-refractivity contribution in [2.75, 3.05) is 13.1 Å². The van der Waals surface area contributed by atoms with E-state index in [4.69, 9.17) is 0 Å². The molecule has 19 heavy (non-hydrogen) atoms. The van der Waals surface area contributed by atoms with E-state index in [-0.39, 0.29) is 12.1 Å². The van der Waals surface area contributed by atoms with Crippen molar-refractivity contribution < 1.29 is 9.90 Å². The van der Waals surface area contributed by atoms with Crippen LogP contribution < -0.4 is 5.32 Å². The summed E-state index contributed by atoms with van der Waals surface area (Å²) >= 11 is 1.66. The molecule has 1 heterocycles. The van der Waals surface area contributed by atoms with Crippen LogP contribution in [0.5, 0.6) is 0 Å². The van der Waals surface area contributed by atoms with Crippen molar-refractivity contribution in [2.24, 2.45) is 0 Å². The summed E-state index contributed by atoms with van der Waals surface area (Å²) in [6.45, 7) is 8.24. The van der Waals surface area contributed by atoms with E-state index in [1.54, 1.807) is 30.1 Å². The second-order valence-electron chi connectivity index (χ2n) is 5.51. The Morgan fingerprint density at radius 2 is 2.26 bits per heavy atom. The number of rotatable bonds is 6. The van der Waals surface area contributed by atoms with Gasteiger partial charge in [-0.15, -0.1) is 0 Å². The minimum atomic E-state index is -0.871. The first-order valence-corrected chi connectivity index (χ1v) is 7.55. The van der Waals surface area contributed by atoms with Crippen LogP contribution in [0.1, 0.15) is 33.3 Å². The number of thiophene rings is 1. The van der Waals surface area contributed by atoms with Gasteiger partial charge in [0.25, 0.3) is 0 Å². The highest BCUT2D eigenvalue weighted by atomic mass is 32.1. The SMILES string of the molecule is CCN(CC(C)(C)O)C(=O)N[C@H](C)Cc1ccsc1. The van der Waals surface area contributed by atoms with Crippen molar-refractivity contribution in [2.45, 2.75) is 45.8 Å². The fourth-order valence-electron chi connectivity index (χ4n) is 1.91. The molecule has 2 N–H and O–H groups in total. The number of aliphatic hydroxyl groups is 1. The average Bonchev–Trinajstić information content (AvgIpc) is 2.76. The molecule has 0 unspecified atom stereocenters. The van der Waals surface area contributed by atoms with Crippen LogP contribution in [-0.2, 0) is 6.42 Å². The van der Waals surface area contributed by atoms with Crippen molar-refractivity contribution >= 4 is 17.4 Å². The zero-order valence-corrected chi connectivity index (χ0v) is 13.0. The lowest BCUT2D eigenvalue weighted by molar-refractivity contribution is 0.0476. The number of amides is 2. The van der Waals surface area contributed by atoms with Gasteiger partial charge in [0.05, 0.1) is 12.1 Å². The van der Waals surface area contributed by atoms with E-state index in [1.807, 2.05) is 19.2 Å². The van der Waals surface area contributed by atoms with Crippen molar-refractivity contribution in [3.63, 3.8) is 0 Å². The van der Waals surface area contributed by atoms with E-state index >= 15 is 0 Å². The van der Waals surface area contributed by atoms with Gasteiger partial charge >= 0.3 is 6.03 Å². The fourth-order valence-corrected chi connectivity index (χ4v) is 2.59. The lowest BCUT2D eigenvalue weighted by Crippen LogP contribution is -2.49. The number of nitrogens with zero attached hydrogens (tertiary/aromatic N) is 1. The summed E-state index contributed by atoms with van der Waals surface area (Å²) in [6, 6.07) is 2.03. The predicted molar refractivity (Wildman–Crippen MR) is 79.6 cm³/mol. The van der Waals surface area contributed by atoms with Gasteiger partial charge < -0.3 is 15.3 Å². The van der Waals surface area contributed by atoms with Gasteiger partial charge in [0.15, 0.2) is 0 Å². The zero-order valence-electron chi connectivity index (χ0n) is 12.1. The smallest absolute Gasteiger partial charge is 0.317 e. The molecule has 0 saturated carbocycles. The third-order valence-electron chi connectivity index (χ3n) is 2.74. The van der Waals surface area contributed by atoms with E-state index < -0.39 is 5.60 Å². The van der Waals surface area contributed by atoms with Crippen molar-refractivity contribution in [3.05, 3.63) is 22.4 Å². The lowest BCUT2D eigenvalue weighted by Gasteiger charge is -2.29. The van der Waals surface area contributed by atoms with Crippen LogP contribution in [-0.4, -0.2) is 40.8 Å². The Morgan fingerprint density at radius 1 is 1.58 bits per heavy atom. The Labute approximate surface area is 119 Å². The Balaban J connectivity index is 2.47. The molecule has 1 aromatic heterocycles. The Morgan fingerprint density at radius 3 is 2.74 bits per heavy atom. The molecule has 0 spiro atoms. The van der Waals surface area contributed by atoms with Gasteiger partial charge in [0, 0.05) is 12.6 Å². The monoisotopic (exact) mass is 284 g/mol. The van der Waals surface area contributed by atoms with Crippen molar-refractivity contribution in [3.8, 4) is 0 Å². The van der Waals surface area contributed by atoms with Crippen LogP contribution in [0.25, 0.3) is 0 Å². The quantitative estimate of drug-likeness (QED) is 0.843. The number of hydrogen-bond acceptors (Lipinski definition) is 3. The molecule has 0 aromatic carbocycles. The minimum absolute atomic E-state index is 0.0814. The van der Waals surface area contributed by atoms with E-state index in [2.05, 4.69) is 16.8 Å². The van der Waals surface area contributed by atoms with Gasteiger partial charge in [0.2, 0.25) is 0 Å². The van der Waals surface area contributed by atoms with Crippen molar-refractivity contribution in [1.82, 2.24) is 10.2 Å². The second kappa shape index (κ2) is 6.91. The molecule has 0 radical (unpaired) electrons. The Hall–Kier alpha value is -1.07. The summed E-state index contributed by atoms with van der Waals surface area (Å²) in [6.07, 6.45) is 0.829. The standard InChI is InChI=1S/C14H24N2O2S/c1-5-16(10-14(3,4)18)13(17)15-11(2)8-12-6-7-19-9-12/h6-7,9,11,18H,5,8,10H2,1-4H3,(H,15,17)/t11-/m1/s1. The highest BCUT2D eigenvalue weighted by molar-refractivity contribution is 7.07. The number of nitrogens with one attached hydrogen (secondary N) is 1. The van der Waals surface area contributed by atoms with Gasteiger partial charge in [-0.3, -0.25) is 0 Å². The molecule has 0 aliphatic rings. The maximum atomic E-state index is 12.1. The fraction of sp³-hybridized carbons (Fsp3) is 0.643. The topological polar surface area (TPSA) is 52.6 Å². The molecule has 108 valence electrons. The molecule has 0 aliphatic heterocycles. The molecule has 2 amide bonds. The summed E-state index contributed by atoms with van der Waals surface area (Å²) < 4.78 is 0. The zero-order chi connectivity index (χ0) is 14.5. The third-order valence-corrected chi connectivity index (χ3v) is 3.47. The van der Waals surface area contributed by atoms with Crippen LogP contribution in [0.4, 0.5) is 4.79 Å². The number of carbonyl (C=O) groups excluding carboxylic acids is 1. The van der Waals surface area contributed by atoms with E-state index in [0.717, 1.165) is 6.42 Å². The largest absolute Gasteiger partial charge is 0.389 e. The third kappa shape index (κ3) is 6.07. The summed E-state index contributed by atoms with van der Waals surface area (Å²) in [4.78, 5) is 13.7. The van der Waals surface area contributed by atoms with Gasteiger partial charge in [-0.05, 0) is 56.5 Å². The Kier molecular flexibility index (Phi) is 5.82. The normalized spacial score (nSPS) is 13.1. The first-order valence-electron chi connectivity index (χ1n) is 6.60. The molecule has 1 rings (SSSR count). The molecule has 0 saturated heterocycles. The first kappa shape index (κ1) is 16.0. The van der Waals surface area contributed by atoms with Crippen LogP contribution in [0, 0.1) is 0 Å². The summed E-state index contributed by atoms with van der Waals surface area (Å²) in [5, 5.41) is 16.9. The lowest BCUT2D eigenvalue weighted by atomic mass is 10.1. The molecule has 0 fully saturated rings. The van der Waals surface area contributed by atoms with Gasteiger partial charge in [-0.25, -0.2) is 4.79 Å². The van der Waals surface area contributed by atoms with E-state index in [9.17, 15) is 9.90 Å². The maximum absolute atomic E-state index is 12.1. The average molecular weight is 284 g/mol. The molecule has 4 nitrogen and oxygen atoms in total. The maximum Gasteiger partial charge on any atom is 0.317 e. The molecule has 0 aliphatic carbocycles. The summed E-state index contributed by atoms with van der Waals surface area (Å²) in [5.41, 5.74) is 0.368.